The van der Waals surface area contributed by atoms with E-state index in [-0.39, 0.29) is 6.10 Å². The monoisotopic (exact) mass is 188 g/mol. The van der Waals surface area contributed by atoms with Crippen molar-refractivity contribution >= 4 is 0 Å². The van der Waals surface area contributed by atoms with Crippen LogP contribution in [0.1, 0.15) is 6.92 Å². The molecule has 0 spiro atoms. The summed E-state index contributed by atoms with van der Waals surface area (Å²) < 4.78 is 5.01. The van der Waals surface area contributed by atoms with E-state index >= 15 is 0 Å². The summed E-state index contributed by atoms with van der Waals surface area (Å²) in [6, 6.07) is 0.453. The maximum absolute atomic E-state index is 9.53. The van der Waals surface area contributed by atoms with Gasteiger partial charge in [0.2, 0.25) is 0 Å². The number of ether oxygens (including phenoxy) is 1. The van der Waals surface area contributed by atoms with E-state index in [4.69, 9.17) is 4.74 Å². The minimum absolute atomic E-state index is 0.248. The van der Waals surface area contributed by atoms with Crippen molar-refractivity contribution in [3.63, 3.8) is 0 Å². The lowest BCUT2D eigenvalue weighted by Gasteiger charge is -2.22. The topological polar surface area (TPSA) is 44.7 Å². The van der Waals surface area contributed by atoms with Crippen LogP contribution >= 0.6 is 0 Å². The van der Waals surface area contributed by atoms with Gasteiger partial charge in [0.05, 0.1) is 12.7 Å². The second-order valence-corrected chi connectivity index (χ2v) is 3.72. The number of β-amino-alcohol motifs (C(OH)–C–C–N with tert-alkyl or cyclic N) is 1. The summed E-state index contributed by atoms with van der Waals surface area (Å²) in [6.07, 6.45) is -0.248. The van der Waals surface area contributed by atoms with Crippen LogP contribution in [0, 0.1) is 0 Å². The Bertz CT molecular complexity index is 132. The summed E-state index contributed by atoms with van der Waals surface area (Å²) in [5, 5.41) is 12.8. The fourth-order valence-corrected chi connectivity index (χ4v) is 1.63. The van der Waals surface area contributed by atoms with Crippen molar-refractivity contribution in [1.29, 1.82) is 0 Å². The molecule has 1 heterocycles. The first-order chi connectivity index (χ1) is 6.22. The molecule has 2 N–H and O–H groups in total. The lowest BCUT2D eigenvalue weighted by molar-refractivity contribution is 0.103. The van der Waals surface area contributed by atoms with Gasteiger partial charge in [0, 0.05) is 39.3 Å². The summed E-state index contributed by atoms with van der Waals surface area (Å²) in [5.41, 5.74) is 0. The highest BCUT2D eigenvalue weighted by atomic mass is 16.5. The molecule has 2 unspecified atom stereocenters. The Morgan fingerprint density at radius 1 is 1.54 bits per heavy atom. The average Bonchev–Trinajstić information content (AvgIpc) is 2.25. The third-order valence-corrected chi connectivity index (χ3v) is 2.31. The van der Waals surface area contributed by atoms with E-state index in [2.05, 4.69) is 17.1 Å². The van der Waals surface area contributed by atoms with Gasteiger partial charge in [-0.3, -0.25) is 4.90 Å². The van der Waals surface area contributed by atoms with Crippen molar-refractivity contribution in [2.24, 2.45) is 0 Å². The van der Waals surface area contributed by atoms with Gasteiger partial charge >= 0.3 is 0 Å². The van der Waals surface area contributed by atoms with Crippen LogP contribution in [0.5, 0.6) is 0 Å². The standard InChI is InChI=1S/C9H20N2O2/c1-8-6-11(3-4-13-2)7-9(12)5-10-8/h8-10,12H,3-7H2,1-2H3. The van der Waals surface area contributed by atoms with Crippen LogP contribution < -0.4 is 5.32 Å². The Balaban J connectivity index is 2.32. The lowest BCUT2D eigenvalue weighted by Crippen LogP contribution is -2.37. The van der Waals surface area contributed by atoms with E-state index in [1.807, 2.05) is 0 Å². The van der Waals surface area contributed by atoms with Crippen molar-refractivity contribution in [1.82, 2.24) is 10.2 Å². The molecule has 0 bridgehead atoms. The minimum Gasteiger partial charge on any atom is -0.390 e. The number of nitrogens with zero attached hydrogens (tertiary/aromatic N) is 1. The van der Waals surface area contributed by atoms with Crippen LogP contribution in [0.25, 0.3) is 0 Å². The van der Waals surface area contributed by atoms with Crippen LogP contribution in [0.4, 0.5) is 0 Å². The molecule has 1 fully saturated rings. The Morgan fingerprint density at radius 3 is 3.00 bits per heavy atom. The molecule has 0 aromatic heterocycles. The van der Waals surface area contributed by atoms with Crippen molar-refractivity contribution in [2.75, 3.05) is 39.9 Å². The first-order valence-corrected chi connectivity index (χ1v) is 4.85. The quantitative estimate of drug-likeness (QED) is 0.614. The van der Waals surface area contributed by atoms with E-state index in [0.29, 0.717) is 12.6 Å². The molecule has 1 aliphatic heterocycles. The SMILES string of the molecule is COCCN1CC(O)CNC(C)C1. The van der Waals surface area contributed by atoms with E-state index in [9.17, 15) is 5.11 Å². The van der Waals surface area contributed by atoms with E-state index in [0.717, 1.165) is 26.2 Å². The van der Waals surface area contributed by atoms with Crippen LogP contribution in [-0.2, 0) is 4.74 Å². The first-order valence-electron chi connectivity index (χ1n) is 4.85. The highest BCUT2D eigenvalue weighted by Crippen LogP contribution is 2.00. The minimum atomic E-state index is -0.248. The predicted molar refractivity (Wildman–Crippen MR) is 51.8 cm³/mol. The van der Waals surface area contributed by atoms with E-state index in [1.54, 1.807) is 7.11 Å². The molecule has 13 heavy (non-hydrogen) atoms. The third kappa shape index (κ3) is 4.04. The van der Waals surface area contributed by atoms with Crippen molar-refractivity contribution in [2.45, 2.75) is 19.1 Å². The van der Waals surface area contributed by atoms with Gasteiger partial charge in [-0.05, 0) is 6.92 Å². The molecule has 0 saturated carbocycles. The second-order valence-electron chi connectivity index (χ2n) is 3.72. The van der Waals surface area contributed by atoms with Gasteiger partial charge in [-0.15, -0.1) is 0 Å². The highest BCUT2D eigenvalue weighted by Gasteiger charge is 2.18. The van der Waals surface area contributed by atoms with E-state index < -0.39 is 0 Å². The summed E-state index contributed by atoms with van der Waals surface area (Å²) in [5.74, 6) is 0. The molecule has 0 radical (unpaired) electrons. The van der Waals surface area contributed by atoms with Crippen LogP contribution in [0.2, 0.25) is 0 Å². The number of hydrogen-bond acceptors (Lipinski definition) is 4. The van der Waals surface area contributed by atoms with Gasteiger partial charge in [0.15, 0.2) is 0 Å². The number of methoxy groups -OCH3 is 1. The fourth-order valence-electron chi connectivity index (χ4n) is 1.63. The summed E-state index contributed by atoms with van der Waals surface area (Å²) in [7, 11) is 1.70. The van der Waals surface area contributed by atoms with Gasteiger partial charge in [-0.2, -0.15) is 0 Å². The molecule has 0 aromatic carbocycles. The normalized spacial score (nSPS) is 31.6. The van der Waals surface area contributed by atoms with Crippen molar-refractivity contribution in [3.8, 4) is 0 Å². The molecule has 4 heteroatoms. The van der Waals surface area contributed by atoms with Crippen molar-refractivity contribution in [3.05, 3.63) is 0 Å². The molecular formula is C9H20N2O2. The number of hydrogen-bond donors (Lipinski definition) is 2. The van der Waals surface area contributed by atoms with Gasteiger partial charge in [0.1, 0.15) is 0 Å². The maximum atomic E-state index is 9.53. The lowest BCUT2D eigenvalue weighted by atomic mass is 10.3. The fraction of sp³-hybridized carbons (Fsp3) is 1.00. The van der Waals surface area contributed by atoms with E-state index in [1.165, 1.54) is 0 Å². The Hall–Kier alpha value is -0.160. The van der Waals surface area contributed by atoms with Crippen LogP contribution in [0.3, 0.4) is 0 Å². The number of aliphatic hydroxyl groups excluding tert-OH is 1. The largest absolute Gasteiger partial charge is 0.390 e. The Kier molecular flexibility index (Phi) is 4.66. The average molecular weight is 188 g/mol. The molecule has 78 valence electrons. The number of rotatable bonds is 3. The zero-order chi connectivity index (χ0) is 9.68. The molecule has 0 amide bonds. The van der Waals surface area contributed by atoms with Gasteiger partial charge in [0.25, 0.3) is 0 Å². The molecular weight excluding hydrogens is 168 g/mol. The molecule has 0 aliphatic carbocycles. The molecule has 1 saturated heterocycles. The van der Waals surface area contributed by atoms with Crippen molar-refractivity contribution < 1.29 is 9.84 Å². The zero-order valence-corrected chi connectivity index (χ0v) is 8.49. The molecule has 1 aliphatic rings. The molecule has 2 atom stereocenters. The Morgan fingerprint density at radius 2 is 2.31 bits per heavy atom. The molecule has 4 nitrogen and oxygen atoms in total. The Labute approximate surface area is 79.9 Å². The summed E-state index contributed by atoms with van der Waals surface area (Å²) >= 11 is 0. The summed E-state index contributed by atoms with van der Waals surface area (Å²) in [4.78, 5) is 2.23. The molecule has 1 rings (SSSR count). The third-order valence-electron chi connectivity index (χ3n) is 2.31. The zero-order valence-electron chi connectivity index (χ0n) is 8.49. The van der Waals surface area contributed by atoms with Crippen LogP contribution in [0.15, 0.2) is 0 Å². The van der Waals surface area contributed by atoms with Gasteiger partial charge in [-0.1, -0.05) is 0 Å². The molecule has 0 aromatic rings. The highest BCUT2D eigenvalue weighted by molar-refractivity contribution is 4.77. The van der Waals surface area contributed by atoms with Crippen LogP contribution in [-0.4, -0.2) is 62.0 Å². The number of nitrogens with one attached hydrogen (secondary N) is 1. The number of aliphatic hydroxyl groups is 1. The van der Waals surface area contributed by atoms with Gasteiger partial charge in [-0.25, -0.2) is 0 Å². The summed E-state index contributed by atoms with van der Waals surface area (Å²) in [6.45, 7) is 6.21. The van der Waals surface area contributed by atoms with Gasteiger partial charge < -0.3 is 15.2 Å². The maximum Gasteiger partial charge on any atom is 0.0791 e. The first kappa shape index (κ1) is 10.9. The second kappa shape index (κ2) is 5.54. The smallest absolute Gasteiger partial charge is 0.0791 e. The predicted octanol–water partition coefficient (Wildman–Crippen LogP) is -0.713.